The number of aromatic nitrogens is 4. The van der Waals surface area contributed by atoms with Crippen LogP contribution in [-0.2, 0) is 96.0 Å². The Morgan fingerprint density at radius 2 is 1.22 bits per heavy atom. The van der Waals surface area contributed by atoms with Crippen molar-refractivity contribution in [3.8, 4) is 0 Å². The number of carboxylic acid groups (broad SMARTS) is 1. The Morgan fingerprint density at radius 3 is 1.82 bits per heavy atom. The van der Waals surface area contributed by atoms with Gasteiger partial charge in [0.1, 0.15) is 78.3 Å². The predicted molar refractivity (Wildman–Crippen MR) is 414 cm³/mol. The number of guanidine groups is 1. The van der Waals surface area contributed by atoms with Gasteiger partial charge in [-0.15, -0.1) is 0 Å². The lowest BCUT2D eigenvalue weighted by atomic mass is 9.97. The number of para-hydroxylation sites is 1. The number of halogens is 1. The van der Waals surface area contributed by atoms with Crippen LogP contribution < -0.4 is 91.6 Å². The van der Waals surface area contributed by atoms with Gasteiger partial charge < -0.3 is 117 Å². The average molecular weight is 1630 g/mol. The number of amides is 15. The number of aliphatic hydroxyl groups is 1. The van der Waals surface area contributed by atoms with Gasteiger partial charge in [0.15, 0.2) is 5.96 Å². The molecule has 43 heteroatoms. The van der Waals surface area contributed by atoms with Crippen LogP contribution in [0.25, 0.3) is 21.8 Å². The number of aliphatic carboxylic acids is 1. The fourth-order valence-corrected chi connectivity index (χ4v) is 14.2. The number of H-pyrrole nitrogens is 3. The third-order valence-electron chi connectivity index (χ3n) is 18.3. The fourth-order valence-electron chi connectivity index (χ4n) is 11.9. The molecule has 26 N–H and O–H groups in total. The second-order valence-corrected chi connectivity index (χ2v) is 30.2. The molecule has 1 aliphatic rings. The summed E-state index contributed by atoms with van der Waals surface area (Å²) in [6.45, 7) is 8.92. The molecule has 15 amide bonds. The van der Waals surface area contributed by atoms with E-state index < -0.39 is 241 Å². The van der Waals surface area contributed by atoms with Gasteiger partial charge in [-0.1, -0.05) is 73.9 Å². The normalized spacial score (nSPS) is 22.6. The van der Waals surface area contributed by atoms with E-state index in [4.69, 9.17) is 22.6 Å². The van der Waals surface area contributed by atoms with Crippen molar-refractivity contribution in [1.82, 2.24) is 94.4 Å². The lowest BCUT2D eigenvalue weighted by molar-refractivity contribution is -0.141. The summed E-state index contributed by atoms with van der Waals surface area (Å²) < 4.78 is 15.0. The highest BCUT2D eigenvalue weighted by atomic mass is 33.1. The molecule has 1 saturated heterocycles. The number of rotatable bonds is 25. The molecule has 4 heterocycles. The van der Waals surface area contributed by atoms with Crippen molar-refractivity contribution < 1.29 is 91.3 Å². The number of carboxylic acids is 1. The van der Waals surface area contributed by atoms with Gasteiger partial charge in [-0.05, 0) is 80.3 Å². The van der Waals surface area contributed by atoms with Crippen molar-refractivity contribution in [1.29, 1.82) is 5.41 Å². The summed E-state index contributed by atoms with van der Waals surface area (Å²) in [6, 6.07) is -9.94. The molecule has 0 aliphatic carbocycles. The zero-order chi connectivity index (χ0) is 84.2. The molecule has 5 aromatic rings. The molecule has 620 valence electrons. The highest BCUT2D eigenvalue weighted by Gasteiger charge is 2.39. The number of hydrogen-bond donors (Lipinski definition) is 23. The van der Waals surface area contributed by atoms with Crippen molar-refractivity contribution in [2.75, 3.05) is 24.6 Å². The number of benzene rings is 2. The minimum Gasteiger partial charge on any atom is -0.481 e. The Kier molecular flexibility index (Phi) is 35.0. The number of carbonyl (C=O) groups is 16. The van der Waals surface area contributed by atoms with E-state index in [1.807, 2.05) is 0 Å². The summed E-state index contributed by atoms with van der Waals surface area (Å²) >= 11 is 0. The van der Waals surface area contributed by atoms with E-state index in [0.717, 1.165) is 47.6 Å². The van der Waals surface area contributed by atoms with Gasteiger partial charge in [-0.25, -0.2) is 9.37 Å². The maximum Gasteiger partial charge on any atom is 0.305 e. The Balaban J connectivity index is 1.48. The molecule has 0 saturated carbocycles. The summed E-state index contributed by atoms with van der Waals surface area (Å²) in [6.07, 6.45) is 0.233. The molecule has 1 aliphatic heterocycles. The second-order valence-electron chi connectivity index (χ2n) is 27.6. The zero-order valence-corrected chi connectivity index (χ0v) is 65.1. The molecule has 0 unspecified atom stereocenters. The number of nitrogens with one attached hydrogen (secondary N) is 18. The maximum atomic E-state index is 15.1. The third kappa shape index (κ3) is 28.1. The number of aromatic amines is 3. The maximum absolute atomic E-state index is 15.1. The highest BCUT2D eigenvalue weighted by molar-refractivity contribution is 8.76. The molecule has 0 radical (unpaired) electrons. The van der Waals surface area contributed by atoms with Gasteiger partial charge in [-0.3, -0.25) is 82.1 Å². The molecule has 2 aromatic carbocycles. The highest BCUT2D eigenvalue weighted by Crippen LogP contribution is 2.26. The first-order chi connectivity index (χ1) is 53.9. The van der Waals surface area contributed by atoms with Crippen LogP contribution in [-0.4, -0.2) is 234 Å². The number of imidazole rings is 1. The first-order valence-corrected chi connectivity index (χ1v) is 38.9. The van der Waals surface area contributed by atoms with E-state index in [9.17, 15) is 76.9 Å². The third-order valence-corrected chi connectivity index (χ3v) is 20.7. The van der Waals surface area contributed by atoms with Crippen molar-refractivity contribution in [3.05, 3.63) is 90.0 Å². The lowest BCUT2D eigenvalue weighted by Crippen LogP contribution is -2.61. The Labute approximate surface area is 660 Å². The first kappa shape index (κ1) is 91.0. The number of fused-ring (bicyclic) bond motifs is 2. The summed E-state index contributed by atoms with van der Waals surface area (Å²) in [7, 11) is 1.59. The molecule has 0 spiro atoms. The number of hydrogen-bond acceptors (Lipinski definition) is 21. The van der Waals surface area contributed by atoms with Crippen molar-refractivity contribution >= 4 is 144 Å². The molecule has 1 fully saturated rings. The first-order valence-electron chi connectivity index (χ1n) is 36.4. The van der Waals surface area contributed by atoms with Gasteiger partial charge in [0.05, 0.1) is 25.4 Å². The summed E-state index contributed by atoms with van der Waals surface area (Å²) in [5.74, 6) is -21.3. The van der Waals surface area contributed by atoms with Gasteiger partial charge in [0, 0.05) is 96.7 Å². The van der Waals surface area contributed by atoms with Crippen LogP contribution in [0.5, 0.6) is 0 Å². The Bertz CT molecular complexity index is 4310. The van der Waals surface area contributed by atoms with Crippen molar-refractivity contribution in [3.63, 3.8) is 0 Å². The van der Waals surface area contributed by atoms with Gasteiger partial charge in [0.25, 0.3) is 0 Å². The summed E-state index contributed by atoms with van der Waals surface area (Å²) in [4.78, 5) is 238. The largest absolute Gasteiger partial charge is 0.481 e. The van der Waals surface area contributed by atoms with E-state index >= 15 is 14.4 Å². The molecule has 0 bridgehead atoms. The zero-order valence-electron chi connectivity index (χ0n) is 63.5. The van der Waals surface area contributed by atoms with E-state index in [-0.39, 0.29) is 48.9 Å². The van der Waals surface area contributed by atoms with Crippen molar-refractivity contribution in [2.24, 2.45) is 29.0 Å². The minimum absolute atomic E-state index is 0.0143. The lowest BCUT2D eigenvalue weighted by Gasteiger charge is -2.29. The molecule has 6 rings (SSSR count). The number of primary amides is 2. The number of carbonyl (C=O) groups excluding carboxylic acids is 15. The van der Waals surface area contributed by atoms with Crippen LogP contribution >= 0.6 is 21.6 Å². The number of nitrogens with zero attached hydrogens (tertiary/aromatic N) is 1. The van der Waals surface area contributed by atoms with Crippen LogP contribution in [0.1, 0.15) is 104 Å². The quantitative estimate of drug-likeness (QED) is 0.0113. The van der Waals surface area contributed by atoms with Crippen molar-refractivity contribution in [2.45, 2.75) is 185 Å². The number of aliphatic hydroxyl groups excluding tert-OH is 1. The fraction of sp³-hybridized carbons (Fsp3) is 0.493. The average Bonchev–Trinajstić information content (AvgIpc) is 1.59. The monoisotopic (exact) mass is 1630 g/mol. The molecule has 114 heavy (non-hydrogen) atoms. The van der Waals surface area contributed by atoms with E-state index in [1.165, 1.54) is 51.8 Å². The van der Waals surface area contributed by atoms with Crippen LogP contribution in [0.15, 0.2) is 67.4 Å². The standard InChI is InChI=1S/C71H99FN22O18S2/c1-8-33(4)57(84-36(7)96)70(112)92-52-30-114-113-29-51(68(110)94-58(35(6)95)59(74)101)91-62(104)45(14-11-19-78-71(75)76)85-65(107)49(23-40-27-77-31-82-40)87-60(102)34(5)83-54(98)28-81-61(103)47(20-37-25-79-43-13-10-9-12-41(37)43)88-66(108)50(24-55(99)100)89-63(105)46(17-18-53(73)97)86-64(106)48(90-69(111)56(32(2)3)93-67(52)109)21-38-26-80-44-16-15-39(72)22-42(38)44/h9-10,12-13,15-16,22,25-27,31-35,45-52,56-58,79-80,95H,8,11,14,17-21,23-24,28-30H2,1-7H3,(H2,73,97)(H2,74,101)(H,77,82)(H,81,103)(H,83,98)(H,84,96)(H,85,107)(H,86,106)(H,87,102)(H,88,108)(H,89,105)(H,90,111)(H,91,104)(H,92,112)(H,93,109)(H,94,110)(H,99,100)(H4,75,76,78)/t33-,34-,35-,45-,46-,47-,48-,49-,50-,51-,52-,56-,57-,58-/m0/s1. The number of nitrogens with two attached hydrogens (primary N) is 3. The SMILES string of the molecule is CC[C@H](C)[C@H](NC(C)=O)C(=O)N[C@H]1CSSC[C@@H](C(=O)N[C@H](C(N)=O)[C@H](C)O)NC(=O)[C@H](CCCNC(=N)N)NC(=O)[C@H](Cc2cnc[nH]2)NC(=O)[C@H](C)NC(=O)CNC(=O)[C@H](Cc2c[nH]c3ccccc23)NC(=O)[C@H](CC(=O)O)NC(=O)[C@H](CCC(N)=O)NC(=O)[C@H](Cc2c[nH]c3ccc(F)cc23)NC(=O)[C@H](C(C)C)NC1=O. The molecular formula is C71H99FN22O18S2. The molecule has 14 atom stereocenters. The Morgan fingerprint density at radius 1 is 0.649 bits per heavy atom. The summed E-state index contributed by atoms with van der Waals surface area (Å²) in [5.41, 5.74) is 18.5. The van der Waals surface area contributed by atoms with Gasteiger partial charge in [0.2, 0.25) is 88.6 Å². The second kappa shape index (κ2) is 43.8. The summed E-state index contributed by atoms with van der Waals surface area (Å²) in [5, 5.41) is 64.2. The molecular weight excluding hydrogens is 1530 g/mol. The van der Waals surface area contributed by atoms with E-state index in [2.05, 4.69) is 94.4 Å². The Hall–Kier alpha value is -11.9. The minimum atomic E-state index is -2.10. The van der Waals surface area contributed by atoms with Gasteiger partial charge >= 0.3 is 5.97 Å². The predicted octanol–water partition coefficient (Wildman–Crippen LogP) is -4.52. The van der Waals surface area contributed by atoms with Crippen LogP contribution in [0.2, 0.25) is 0 Å². The van der Waals surface area contributed by atoms with Crippen LogP contribution in [0.4, 0.5) is 4.39 Å². The smallest absolute Gasteiger partial charge is 0.305 e. The molecule has 3 aromatic heterocycles. The van der Waals surface area contributed by atoms with E-state index in [0.29, 0.717) is 28.4 Å². The van der Waals surface area contributed by atoms with Gasteiger partial charge in [-0.2, -0.15) is 0 Å². The molecule has 40 nitrogen and oxygen atoms in total. The van der Waals surface area contributed by atoms with Crippen LogP contribution in [0, 0.1) is 23.1 Å². The van der Waals surface area contributed by atoms with E-state index in [1.54, 1.807) is 38.1 Å². The van der Waals surface area contributed by atoms with Crippen LogP contribution in [0.3, 0.4) is 0 Å². The topological polar surface area (TPSA) is 644 Å².